The second-order valence-electron chi connectivity index (χ2n) is 4.50. The second-order valence-corrected chi connectivity index (χ2v) is 4.50. The molecule has 1 aromatic carbocycles. The lowest BCUT2D eigenvalue weighted by Crippen LogP contribution is -2.21. The predicted molar refractivity (Wildman–Crippen MR) is 60.6 cm³/mol. The number of halogens is 1. The van der Waals surface area contributed by atoms with Crippen molar-refractivity contribution in [3.05, 3.63) is 35.1 Å². The SMILES string of the molecule is CNC1CCC(c2ccc(C)c(F)c2)C1. The number of benzene rings is 1. The zero-order chi connectivity index (χ0) is 10.8. The summed E-state index contributed by atoms with van der Waals surface area (Å²) in [7, 11) is 2.00. The summed E-state index contributed by atoms with van der Waals surface area (Å²) >= 11 is 0. The van der Waals surface area contributed by atoms with Crippen molar-refractivity contribution in [3.63, 3.8) is 0 Å². The van der Waals surface area contributed by atoms with E-state index in [1.807, 2.05) is 20.0 Å². The Hall–Kier alpha value is -0.890. The maximum Gasteiger partial charge on any atom is 0.126 e. The van der Waals surface area contributed by atoms with E-state index in [1.165, 1.54) is 12.8 Å². The Morgan fingerprint density at radius 3 is 2.73 bits per heavy atom. The molecule has 1 saturated carbocycles. The monoisotopic (exact) mass is 207 g/mol. The van der Waals surface area contributed by atoms with Crippen molar-refractivity contribution in [2.24, 2.45) is 0 Å². The predicted octanol–water partition coefficient (Wildman–Crippen LogP) is 2.99. The van der Waals surface area contributed by atoms with Gasteiger partial charge in [-0.25, -0.2) is 4.39 Å². The van der Waals surface area contributed by atoms with Gasteiger partial charge in [-0.3, -0.25) is 0 Å². The van der Waals surface area contributed by atoms with Crippen LogP contribution in [0.25, 0.3) is 0 Å². The van der Waals surface area contributed by atoms with E-state index in [4.69, 9.17) is 0 Å². The number of hydrogen-bond donors (Lipinski definition) is 1. The lowest BCUT2D eigenvalue weighted by molar-refractivity contribution is 0.569. The van der Waals surface area contributed by atoms with Crippen LogP contribution in [0.2, 0.25) is 0 Å². The van der Waals surface area contributed by atoms with Crippen LogP contribution in [0.3, 0.4) is 0 Å². The van der Waals surface area contributed by atoms with Crippen LogP contribution in [0, 0.1) is 12.7 Å². The van der Waals surface area contributed by atoms with E-state index in [9.17, 15) is 4.39 Å². The van der Waals surface area contributed by atoms with Gasteiger partial charge in [-0.15, -0.1) is 0 Å². The number of nitrogens with one attached hydrogen (secondary N) is 1. The first-order valence-electron chi connectivity index (χ1n) is 5.64. The third kappa shape index (κ3) is 2.20. The van der Waals surface area contributed by atoms with Gasteiger partial charge in [-0.2, -0.15) is 0 Å². The van der Waals surface area contributed by atoms with Gasteiger partial charge >= 0.3 is 0 Å². The smallest absolute Gasteiger partial charge is 0.126 e. The van der Waals surface area contributed by atoms with E-state index in [1.54, 1.807) is 6.07 Å². The Kier molecular flexibility index (Phi) is 3.06. The molecule has 1 N–H and O–H groups in total. The van der Waals surface area contributed by atoms with Crippen molar-refractivity contribution < 1.29 is 4.39 Å². The van der Waals surface area contributed by atoms with Crippen LogP contribution in [0.1, 0.15) is 36.3 Å². The highest BCUT2D eigenvalue weighted by Gasteiger charge is 2.24. The largest absolute Gasteiger partial charge is 0.317 e. The van der Waals surface area contributed by atoms with Gasteiger partial charge in [0, 0.05) is 6.04 Å². The number of rotatable bonds is 2. The van der Waals surface area contributed by atoms with Gasteiger partial charge in [0.25, 0.3) is 0 Å². The fourth-order valence-electron chi connectivity index (χ4n) is 2.41. The molecule has 1 fully saturated rings. The maximum absolute atomic E-state index is 13.4. The minimum atomic E-state index is -0.0691. The molecule has 1 aromatic rings. The Balaban J connectivity index is 2.13. The van der Waals surface area contributed by atoms with E-state index >= 15 is 0 Å². The van der Waals surface area contributed by atoms with Crippen molar-refractivity contribution in [2.75, 3.05) is 7.05 Å². The summed E-state index contributed by atoms with van der Waals surface area (Å²) in [6, 6.07) is 6.27. The van der Waals surface area contributed by atoms with E-state index in [-0.39, 0.29) is 5.82 Å². The third-order valence-corrected chi connectivity index (χ3v) is 3.51. The molecule has 0 amide bonds. The molecular weight excluding hydrogens is 189 g/mol. The zero-order valence-electron chi connectivity index (χ0n) is 9.39. The van der Waals surface area contributed by atoms with E-state index in [2.05, 4.69) is 11.4 Å². The fourth-order valence-corrected chi connectivity index (χ4v) is 2.41. The molecule has 0 saturated heterocycles. The lowest BCUT2D eigenvalue weighted by Gasteiger charge is -2.11. The molecule has 0 radical (unpaired) electrons. The van der Waals surface area contributed by atoms with Crippen LogP contribution in [0.4, 0.5) is 4.39 Å². The zero-order valence-corrected chi connectivity index (χ0v) is 9.39. The van der Waals surface area contributed by atoms with Crippen LogP contribution < -0.4 is 5.32 Å². The molecule has 2 unspecified atom stereocenters. The topological polar surface area (TPSA) is 12.0 Å². The molecule has 2 rings (SSSR count). The minimum Gasteiger partial charge on any atom is -0.317 e. The molecule has 1 nitrogen and oxygen atoms in total. The van der Waals surface area contributed by atoms with Crippen LogP contribution >= 0.6 is 0 Å². The van der Waals surface area contributed by atoms with Crippen LogP contribution in [0.15, 0.2) is 18.2 Å². The number of hydrogen-bond acceptors (Lipinski definition) is 1. The highest BCUT2D eigenvalue weighted by molar-refractivity contribution is 5.27. The quantitative estimate of drug-likeness (QED) is 0.786. The minimum absolute atomic E-state index is 0.0691. The van der Waals surface area contributed by atoms with Gasteiger partial charge in [0.2, 0.25) is 0 Å². The molecule has 0 spiro atoms. The van der Waals surface area contributed by atoms with Gasteiger partial charge in [-0.1, -0.05) is 12.1 Å². The molecule has 2 atom stereocenters. The van der Waals surface area contributed by atoms with Gasteiger partial charge in [0.1, 0.15) is 5.82 Å². The average molecular weight is 207 g/mol. The molecule has 2 heteroatoms. The van der Waals surface area contributed by atoms with Crippen molar-refractivity contribution in [1.29, 1.82) is 0 Å². The molecule has 0 heterocycles. The Bertz CT molecular complexity index is 348. The average Bonchev–Trinajstić information content (AvgIpc) is 2.70. The van der Waals surface area contributed by atoms with Gasteiger partial charge in [0.15, 0.2) is 0 Å². The highest BCUT2D eigenvalue weighted by Crippen LogP contribution is 2.34. The first-order valence-corrected chi connectivity index (χ1v) is 5.64. The van der Waals surface area contributed by atoms with Crippen LogP contribution in [0.5, 0.6) is 0 Å². The molecule has 1 aliphatic rings. The Labute approximate surface area is 90.7 Å². The molecule has 82 valence electrons. The summed E-state index contributed by atoms with van der Waals surface area (Å²) < 4.78 is 13.4. The normalized spacial score (nSPS) is 25.8. The third-order valence-electron chi connectivity index (χ3n) is 3.51. The standard InChI is InChI=1S/C13H18FN/c1-9-3-4-11(8-13(9)14)10-5-6-12(7-10)15-2/h3-4,8,10,12,15H,5-7H2,1-2H3. The van der Waals surface area contributed by atoms with Crippen molar-refractivity contribution in [1.82, 2.24) is 5.32 Å². The van der Waals surface area contributed by atoms with Crippen LogP contribution in [-0.4, -0.2) is 13.1 Å². The molecule has 1 aliphatic carbocycles. The molecule has 0 aromatic heterocycles. The molecular formula is C13H18FN. The van der Waals surface area contributed by atoms with Crippen molar-refractivity contribution >= 4 is 0 Å². The summed E-state index contributed by atoms with van der Waals surface area (Å²) in [6.07, 6.45) is 3.52. The van der Waals surface area contributed by atoms with Gasteiger partial charge in [0.05, 0.1) is 0 Å². The first kappa shape index (κ1) is 10.6. The van der Waals surface area contributed by atoms with Gasteiger partial charge in [-0.05, 0) is 56.3 Å². The summed E-state index contributed by atoms with van der Waals surface area (Å²) in [5, 5.41) is 3.30. The summed E-state index contributed by atoms with van der Waals surface area (Å²) in [5.41, 5.74) is 1.90. The van der Waals surface area contributed by atoms with Crippen molar-refractivity contribution in [3.8, 4) is 0 Å². The first-order chi connectivity index (χ1) is 7.20. The molecule has 15 heavy (non-hydrogen) atoms. The Morgan fingerprint density at radius 2 is 2.13 bits per heavy atom. The van der Waals surface area contributed by atoms with E-state index in [0.29, 0.717) is 12.0 Å². The van der Waals surface area contributed by atoms with Gasteiger partial charge < -0.3 is 5.32 Å². The van der Waals surface area contributed by atoms with Crippen LogP contribution in [-0.2, 0) is 0 Å². The lowest BCUT2D eigenvalue weighted by atomic mass is 9.96. The summed E-state index contributed by atoms with van der Waals surface area (Å²) in [5.74, 6) is 0.470. The van der Waals surface area contributed by atoms with Crippen molar-refractivity contribution in [2.45, 2.75) is 38.1 Å². The van der Waals surface area contributed by atoms with E-state index in [0.717, 1.165) is 17.5 Å². The van der Waals surface area contributed by atoms with E-state index < -0.39 is 0 Å². The molecule has 0 bridgehead atoms. The molecule has 0 aliphatic heterocycles. The Morgan fingerprint density at radius 1 is 1.33 bits per heavy atom. The second kappa shape index (κ2) is 4.31. The maximum atomic E-state index is 13.4. The summed E-state index contributed by atoms with van der Waals surface area (Å²) in [6.45, 7) is 1.81. The fraction of sp³-hybridized carbons (Fsp3) is 0.538. The summed E-state index contributed by atoms with van der Waals surface area (Å²) in [4.78, 5) is 0. The number of aryl methyl sites for hydroxylation is 1. The highest BCUT2D eigenvalue weighted by atomic mass is 19.1.